The number of benzene rings is 13. The molecular weight excluding hydrogens is 2640 g/mol. The maximum atomic E-state index is 4.68. The van der Waals surface area contributed by atoms with Gasteiger partial charge in [0.1, 0.15) is 31.6 Å². The Bertz CT molecular complexity index is 8160. The van der Waals surface area contributed by atoms with Crippen molar-refractivity contribution in [3.8, 4) is 119 Å². The van der Waals surface area contributed by atoms with Crippen molar-refractivity contribution in [1.82, 2.24) is 122 Å². The molecular formula is C111H98Ir5N25-5. The molecule has 0 aliphatic rings. The fraction of sp³-hybridized carbons (Fsp3) is 0.162. The van der Waals surface area contributed by atoms with Gasteiger partial charge in [0.2, 0.25) is 0 Å². The quantitative estimate of drug-likeness (QED) is 0.0867. The first kappa shape index (κ1) is 103. The van der Waals surface area contributed by atoms with Crippen LogP contribution >= 0.6 is 0 Å². The molecule has 0 unspecified atom stereocenters. The molecule has 717 valence electrons. The summed E-state index contributed by atoms with van der Waals surface area (Å²) in [5.74, 6) is 4.60. The summed E-state index contributed by atoms with van der Waals surface area (Å²) < 4.78 is 19.5. The van der Waals surface area contributed by atoms with Gasteiger partial charge in [-0.25, -0.2) is 0 Å². The van der Waals surface area contributed by atoms with Gasteiger partial charge in [-0.15, -0.1) is 119 Å². The third-order valence-corrected chi connectivity index (χ3v) is 24.5. The van der Waals surface area contributed by atoms with Gasteiger partial charge >= 0.3 is 0 Å². The predicted octanol–water partition coefficient (Wildman–Crippen LogP) is 22.5. The van der Waals surface area contributed by atoms with Gasteiger partial charge in [-0.2, -0.15) is 25.5 Å². The van der Waals surface area contributed by atoms with E-state index in [9.17, 15) is 0 Å². The van der Waals surface area contributed by atoms with Crippen LogP contribution in [-0.2, 0) is 136 Å². The van der Waals surface area contributed by atoms with Crippen LogP contribution in [0.25, 0.3) is 174 Å². The molecule has 0 aliphatic carbocycles. The summed E-state index contributed by atoms with van der Waals surface area (Å²) in [6.07, 6.45) is 17.0. The van der Waals surface area contributed by atoms with Crippen molar-refractivity contribution in [3.05, 3.63) is 374 Å². The molecule has 0 aliphatic heterocycles. The molecule has 5 radical (unpaired) electrons. The van der Waals surface area contributed by atoms with E-state index < -0.39 is 0 Å². The van der Waals surface area contributed by atoms with Crippen molar-refractivity contribution < 1.29 is 101 Å². The molecule has 0 saturated carbocycles. The van der Waals surface area contributed by atoms with Gasteiger partial charge < -0.3 is 22.8 Å². The van der Waals surface area contributed by atoms with Crippen molar-refractivity contribution in [1.29, 1.82) is 0 Å². The normalized spacial score (nSPS) is 11.0. The number of imidazole rings is 5. The minimum absolute atomic E-state index is 0. The summed E-state index contributed by atoms with van der Waals surface area (Å²) in [6, 6.07) is 95.6. The van der Waals surface area contributed by atoms with Crippen LogP contribution in [0.2, 0.25) is 0 Å². The third-order valence-electron chi connectivity index (χ3n) is 24.5. The molecule has 10 heterocycles. The van der Waals surface area contributed by atoms with Crippen LogP contribution in [-0.4, -0.2) is 122 Å². The summed E-state index contributed by atoms with van der Waals surface area (Å²) in [5.41, 5.74) is 37.1. The van der Waals surface area contributed by atoms with Gasteiger partial charge in [0.05, 0.1) is 89.2 Å². The fourth-order valence-corrected chi connectivity index (χ4v) is 17.9. The molecule has 0 saturated heterocycles. The van der Waals surface area contributed by atoms with Crippen molar-refractivity contribution in [2.45, 2.75) is 88.0 Å². The van der Waals surface area contributed by atoms with Crippen molar-refractivity contribution >= 4 is 55.2 Å². The topological polar surface area (TPSA) is 243 Å². The number of hydrogen-bond donors (Lipinski definition) is 0. The zero-order valence-corrected chi connectivity index (χ0v) is 92.2. The Morgan fingerprint density at radius 3 is 0.773 bits per heavy atom. The molecule has 0 amide bonds. The van der Waals surface area contributed by atoms with Crippen molar-refractivity contribution in [3.63, 3.8) is 0 Å². The third kappa shape index (κ3) is 21.0. The second-order valence-corrected chi connectivity index (χ2v) is 34.7. The summed E-state index contributed by atoms with van der Waals surface area (Å²) in [5, 5.41) is 22.7. The molecule has 30 heteroatoms. The number of rotatable bonds is 15. The van der Waals surface area contributed by atoms with E-state index in [1.165, 1.54) is 38.9 Å². The molecule has 0 fully saturated rings. The van der Waals surface area contributed by atoms with Crippen LogP contribution in [0.15, 0.2) is 294 Å². The Morgan fingerprint density at radius 2 is 0.482 bits per heavy atom. The van der Waals surface area contributed by atoms with Crippen LogP contribution in [0.1, 0.15) is 89.6 Å². The Balaban J connectivity index is 0.000000140. The van der Waals surface area contributed by atoms with Crippen molar-refractivity contribution in [2.75, 3.05) is 0 Å². The van der Waals surface area contributed by atoms with Gasteiger partial charge in [0.15, 0.2) is 0 Å². The van der Waals surface area contributed by atoms with Crippen LogP contribution in [0, 0.1) is 78.8 Å². The Hall–Kier alpha value is -13.8. The summed E-state index contributed by atoms with van der Waals surface area (Å²) in [7, 11) is 9.89. The van der Waals surface area contributed by atoms with E-state index in [4.69, 9.17) is 0 Å². The number of hydrogen-bond acceptors (Lipinski definition) is 15. The summed E-state index contributed by atoms with van der Waals surface area (Å²) >= 11 is 0. The van der Waals surface area contributed by atoms with Gasteiger partial charge in [0.25, 0.3) is 0 Å². The number of aromatic nitrogens is 25. The second kappa shape index (κ2) is 44.7. The Labute approximate surface area is 885 Å². The molecule has 141 heavy (non-hydrogen) atoms. The summed E-state index contributed by atoms with van der Waals surface area (Å²) in [4.78, 5) is 44.9. The van der Waals surface area contributed by atoms with Crippen LogP contribution in [0.4, 0.5) is 0 Å². The van der Waals surface area contributed by atoms with E-state index in [0.717, 1.165) is 185 Å². The first-order valence-corrected chi connectivity index (χ1v) is 44.9. The first-order chi connectivity index (χ1) is 66.1. The second-order valence-electron chi connectivity index (χ2n) is 34.7. The van der Waals surface area contributed by atoms with E-state index in [1.54, 1.807) is 44.3 Å². The monoisotopic (exact) mass is 2750 g/mol. The zero-order chi connectivity index (χ0) is 94.1. The molecule has 25 nitrogen and oxygen atoms in total. The average Bonchev–Trinajstić information content (AvgIpc) is 1.75. The fourth-order valence-electron chi connectivity index (χ4n) is 17.9. The molecule has 23 rings (SSSR count). The van der Waals surface area contributed by atoms with Gasteiger partial charge in [-0.3, -0.25) is 73.2 Å². The number of aryl methyl sites for hydroxylation is 12. The summed E-state index contributed by atoms with van der Waals surface area (Å²) in [6.45, 7) is 23.6. The molecule has 10 aromatic heterocycles. The molecule has 0 N–H and O–H groups in total. The van der Waals surface area contributed by atoms with Crippen LogP contribution in [0.5, 0.6) is 0 Å². The number of fused-ring (bicyclic) bond motifs is 5. The smallest absolute Gasteiger partial charge is 0.127 e. The van der Waals surface area contributed by atoms with E-state index >= 15 is 0 Å². The largest absolute Gasteiger partial charge is 0.373 e. The van der Waals surface area contributed by atoms with E-state index in [2.05, 4.69) is 333 Å². The van der Waals surface area contributed by atoms with Crippen LogP contribution in [0.3, 0.4) is 0 Å². The van der Waals surface area contributed by atoms with E-state index in [-0.39, 0.29) is 101 Å². The average molecular weight is 2740 g/mol. The van der Waals surface area contributed by atoms with E-state index in [1.807, 2.05) is 179 Å². The maximum Gasteiger partial charge on any atom is 0.127 e. The van der Waals surface area contributed by atoms with Gasteiger partial charge in [0, 0.05) is 174 Å². The van der Waals surface area contributed by atoms with E-state index in [0.29, 0.717) is 11.8 Å². The SMILES string of the molecule is CC(C)c1cccc(C(C)C)c1-n1ncnc1-c1[c-]cc2c(c1)ncn2C.Cc1cc(-c2ccccc2)cc(C)c1-n1ncnc1-c1[c-]cc2c(c1)ncn2C.Cc1cc(C)c(-n2ncnc2-c2[c-]cc3c(c2)ncn3C)c(C)c1.Cc1cccc(C)c1-n1ncnc1-c1[c-]cc2c(c1)ncn2C.Cn1cnc2cc(-c3ncnn3-c3c(-c4ccccc4)cccc3-c3ccccc3)[c-]cc21.[Ir].[Ir].[Ir].[Ir].[Ir]. The number of nitrogens with zero attached hydrogens (tertiary/aromatic N) is 25. The molecule has 23 aromatic rings. The molecule has 0 atom stereocenters. The standard InChI is InChI=1S/C28H20N5.C24H20N5.C22H24N5.C19H18N5.C18H16N5.5Ir/c1-32-19-30-25-17-22(15-16-26(25)32)28-29-18-31-33(28)27-23(20-9-4-2-5-10-20)13-8-14-24(27)21-11-6-3-7-12-21;1-16-11-20(18-7-5-4-6-8-18)12-17(2)23(16)29-24(25-14-27-29)19-9-10-22-21(13-19)26-15-28(22)3;1-14(2)17-7-6-8-18(15(3)4)21(17)27-22(23-12-25-27)16-9-10-20-19(11-16)24-13-26(20)5;1-12-7-13(2)18(14(3)8-12)24-19(20-10-22-24)15-5-6-17-16(9-15)21-11-23(17)4;1-12-5-4-6-13(2)17(12)23-18(19-10-21-23)14-7-8-16-15(9-14)20-11-22(16)3;;;;;/h2-14,16-19H,1H3;4-8,10-15H,1-3H3;6-8,10-15H,1-5H3;6-11H,1-4H3;4-6,8-11H,1-3H3;;;;;/q5*-1;;;;;. The minimum atomic E-state index is 0. The molecule has 13 aromatic carbocycles. The van der Waals surface area contributed by atoms with Crippen LogP contribution < -0.4 is 0 Å². The maximum absolute atomic E-state index is 4.68. The zero-order valence-electron chi connectivity index (χ0n) is 80.2. The Morgan fingerprint density at radius 1 is 0.234 bits per heavy atom. The molecule has 0 spiro atoms. The Kier molecular flexibility index (Phi) is 32.7. The predicted molar refractivity (Wildman–Crippen MR) is 537 cm³/mol. The van der Waals surface area contributed by atoms with Crippen molar-refractivity contribution in [2.24, 2.45) is 35.2 Å². The molecule has 0 bridgehead atoms. The van der Waals surface area contributed by atoms with Gasteiger partial charge in [-0.05, 0) is 167 Å². The minimum Gasteiger partial charge on any atom is -0.373 e. The number of para-hydroxylation sites is 3. The van der Waals surface area contributed by atoms with Gasteiger partial charge in [-0.1, -0.05) is 191 Å². The first-order valence-electron chi connectivity index (χ1n) is 44.9.